The fourth-order valence-corrected chi connectivity index (χ4v) is 6.79. The van der Waals surface area contributed by atoms with Crippen molar-refractivity contribution >= 4 is 34.2 Å². The second-order valence-electron chi connectivity index (χ2n) is 10.8. The number of thiazole rings is 1. The van der Waals surface area contributed by atoms with Crippen LogP contribution in [-0.4, -0.2) is 38.5 Å². The number of nitrogens with zero attached hydrogens (tertiary/aromatic N) is 2. The van der Waals surface area contributed by atoms with Gasteiger partial charge in [-0.05, 0) is 71.7 Å². The quantitative estimate of drug-likeness (QED) is 0.183. The van der Waals surface area contributed by atoms with E-state index in [9.17, 15) is 9.59 Å². The van der Waals surface area contributed by atoms with Gasteiger partial charge in [0.05, 0.1) is 49.8 Å². The zero-order chi connectivity index (χ0) is 33.1. The Labute approximate surface area is 275 Å². The van der Waals surface area contributed by atoms with Gasteiger partial charge in [0.1, 0.15) is 6.61 Å². The lowest BCUT2D eigenvalue weighted by Crippen LogP contribution is -2.39. The average molecular weight is 651 g/mol. The average Bonchev–Trinajstić information content (AvgIpc) is 3.39. The van der Waals surface area contributed by atoms with Crippen LogP contribution in [0.4, 0.5) is 0 Å². The molecule has 9 nitrogen and oxygen atoms in total. The molecule has 47 heavy (non-hydrogen) atoms. The summed E-state index contributed by atoms with van der Waals surface area (Å²) in [6, 6.07) is 24.4. The highest BCUT2D eigenvalue weighted by molar-refractivity contribution is 7.07. The first-order chi connectivity index (χ1) is 22.9. The molecule has 1 atom stereocenters. The molecule has 10 heteroatoms. The van der Waals surface area contributed by atoms with E-state index < -0.39 is 12.0 Å². The molecule has 0 radical (unpaired) electrons. The van der Waals surface area contributed by atoms with Gasteiger partial charge in [-0.2, -0.15) is 0 Å². The number of ether oxygens (including phenoxy) is 5. The topological polar surface area (TPSA) is 97.6 Å². The highest BCUT2D eigenvalue weighted by atomic mass is 32.1. The summed E-state index contributed by atoms with van der Waals surface area (Å²) in [5.74, 6) is 1.59. The Morgan fingerprint density at radius 2 is 1.62 bits per heavy atom. The molecule has 0 fully saturated rings. The summed E-state index contributed by atoms with van der Waals surface area (Å²) in [7, 11) is 4.67. The van der Waals surface area contributed by atoms with Crippen molar-refractivity contribution in [3.05, 3.63) is 127 Å². The lowest BCUT2D eigenvalue weighted by Gasteiger charge is -2.25. The molecule has 1 aliphatic heterocycles. The van der Waals surface area contributed by atoms with E-state index in [-0.39, 0.29) is 17.7 Å². The van der Waals surface area contributed by atoms with Crippen molar-refractivity contribution in [2.75, 3.05) is 27.9 Å². The Morgan fingerprint density at radius 3 is 2.38 bits per heavy atom. The number of carbonyl (C=O) groups is 1. The largest absolute Gasteiger partial charge is 0.493 e. The standard InChI is InChI=1S/C37H34N2O7S/c1-6-45-36(41)33-22(2)38-37-39(34(33)25-15-17-28(42-3)31(20-25)44-5)35(40)32(47-37)19-23-14-16-29(30(18-23)43-4)46-21-26-12-9-11-24-10-7-8-13-27(24)26/h7-20,34H,6,21H2,1-5H3/b32-19-. The van der Waals surface area contributed by atoms with Crippen molar-refractivity contribution in [1.29, 1.82) is 0 Å². The predicted octanol–water partition coefficient (Wildman–Crippen LogP) is 5.56. The first-order valence-corrected chi connectivity index (χ1v) is 15.9. The van der Waals surface area contributed by atoms with Gasteiger partial charge < -0.3 is 23.7 Å². The van der Waals surface area contributed by atoms with Gasteiger partial charge in [-0.3, -0.25) is 9.36 Å². The number of methoxy groups -OCH3 is 3. The summed E-state index contributed by atoms with van der Waals surface area (Å²) >= 11 is 1.24. The monoisotopic (exact) mass is 650 g/mol. The van der Waals surface area contributed by atoms with Crippen LogP contribution in [0.15, 0.2) is 99.9 Å². The number of carbonyl (C=O) groups excluding carboxylic acids is 1. The van der Waals surface area contributed by atoms with E-state index in [0.29, 0.717) is 50.2 Å². The number of aromatic nitrogens is 1. The Morgan fingerprint density at radius 1 is 0.894 bits per heavy atom. The first kappa shape index (κ1) is 31.6. The minimum absolute atomic E-state index is 0.183. The highest BCUT2D eigenvalue weighted by Gasteiger charge is 2.34. The maximum atomic E-state index is 14.1. The van der Waals surface area contributed by atoms with E-state index in [2.05, 4.69) is 23.2 Å². The molecule has 240 valence electrons. The van der Waals surface area contributed by atoms with Crippen LogP contribution in [0.25, 0.3) is 16.8 Å². The van der Waals surface area contributed by atoms with E-state index in [0.717, 1.165) is 21.9 Å². The predicted molar refractivity (Wildman–Crippen MR) is 181 cm³/mol. The number of hydrogen-bond acceptors (Lipinski definition) is 9. The van der Waals surface area contributed by atoms with E-state index in [1.54, 1.807) is 46.3 Å². The minimum Gasteiger partial charge on any atom is -0.493 e. The van der Waals surface area contributed by atoms with Crippen LogP contribution in [0, 0.1) is 0 Å². The number of hydrogen-bond donors (Lipinski definition) is 0. The van der Waals surface area contributed by atoms with Crippen molar-refractivity contribution in [1.82, 2.24) is 4.57 Å². The van der Waals surface area contributed by atoms with Gasteiger partial charge in [0.15, 0.2) is 27.8 Å². The first-order valence-electron chi connectivity index (χ1n) is 15.1. The Balaban J connectivity index is 1.38. The molecule has 0 saturated carbocycles. The van der Waals surface area contributed by atoms with E-state index in [1.165, 1.54) is 23.0 Å². The minimum atomic E-state index is -0.786. The molecule has 4 aromatic carbocycles. The van der Waals surface area contributed by atoms with E-state index in [1.807, 2.05) is 48.5 Å². The van der Waals surface area contributed by atoms with Crippen molar-refractivity contribution in [3.8, 4) is 23.0 Å². The normalized spacial score (nSPS) is 14.4. The third-order valence-corrected chi connectivity index (χ3v) is 8.97. The molecular formula is C37H34N2O7S. The third kappa shape index (κ3) is 6.12. The van der Waals surface area contributed by atoms with E-state index in [4.69, 9.17) is 23.7 Å². The van der Waals surface area contributed by atoms with Crippen LogP contribution >= 0.6 is 11.3 Å². The van der Waals surface area contributed by atoms with Crippen molar-refractivity contribution in [2.24, 2.45) is 4.99 Å². The van der Waals surface area contributed by atoms with Crippen LogP contribution < -0.4 is 33.8 Å². The molecule has 0 spiro atoms. The molecule has 0 aliphatic carbocycles. The number of allylic oxidation sites excluding steroid dienone is 1. The van der Waals surface area contributed by atoms with Crippen molar-refractivity contribution in [3.63, 3.8) is 0 Å². The molecule has 0 saturated heterocycles. The molecule has 1 unspecified atom stereocenters. The number of benzene rings is 4. The summed E-state index contributed by atoms with van der Waals surface area (Å²) in [6.45, 7) is 4.04. The van der Waals surface area contributed by atoms with Crippen LogP contribution in [0.3, 0.4) is 0 Å². The third-order valence-electron chi connectivity index (χ3n) is 7.99. The van der Waals surface area contributed by atoms with Gasteiger partial charge in [0, 0.05) is 0 Å². The smallest absolute Gasteiger partial charge is 0.338 e. The van der Waals surface area contributed by atoms with Gasteiger partial charge in [0.2, 0.25) is 0 Å². The molecule has 1 aliphatic rings. The fourth-order valence-electron chi connectivity index (χ4n) is 5.75. The Kier molecular flexibility index (Phi) is 9.12. The summed E-state index contributed by atoms with van der Waals surface area (Å²) < 4.78 is 30.2. The molecule has 0 amide bonds. The maximum Gasteiger partial charge on any atom is 0.338 e. The summed E-state index contributed by atoms with van der Waals surface area (Å²) in [5.41, 5.74) is 2.93. The second-order valence-corrected chi connectivity index (χ2v) is 11.8. The van der Waals surface area contributed by atoms with Gasteiger partial charge in [-0.25, -0.2) is 9.79 Å². The number of esters is 1. The SMILES string of the molecule is CCOC(=O)C1=C(C)N=c2s/c(=C\c3ccc(OCc4cccc5ccccc45)c(OC)c3)c(=O)n2C1c1ccc(OC)c(OC)c1. The summed E-state index contributed by atoms with van der Waals surface area (Å²) in [5, 5.41) is 2.28. The lowest BCUT2D eigenvalue weighted by atomic mass is 9.95. The molecule has 2 heterocycles. The molecule has 5 aromatic rings. The number of fused-ring (bicyclic) bond motifs is 2. The van der Waals surface area contributed by atoms with Gasteiger partial charge in [-0.1, -0.05) is 65.9 Å². The van der Waals surface area contributed by atoms with E-state index >= 15 is 0 Å². The molecule has 6 rings (SSSR count). The molecular weight excluding hydrogens is 616 g/mol. The van der Waals surface area contributed by atoms with Crippen LogP contribution in [0.1, 0.15) is 36.6 Å². The summed E-state index contributed by atoms with van der Waals surface area (Å²) in [4.78, 5) is 32.5. The van der Waals surface area contributed by atoms with Gasteiger partial charge >= 0.3 is 5.97 Å². The highest BCUT2D eigenvalue weighted by Crippen LogP contribution is 2.36. The fraction of sp³-hybridized carbons (Fsp3) is 0.216. The zero-order valence-corrected chi connectivity index (χ0v) is 27.6. The number of rotatable bonds is 10. The maximum absolute atomic E-state index is 14.1. The molecule has 1 aromatic heterocycles. The van der Waals surface area contributed by atoms with Gasteiger partial charge in [0.25, 0.3) is 5.56 Å². The van der Waals surface area contributed by atoms with Crippen LogP contribution in [-0.2, 0) is 16.1 Å². The second kappa shape index (κ2) is 13.6. The Bertz CT molecular complexity index is 2190. The van der Waals surface area contributed by atoms with Crippen molar-refractivity contribution < 1.29 is 28.5 Å². The lowest BCUT2D eigenvalue weighted by molar-refractivity contribution is -0.139. The molecule has 0 bridgehead atoms. The van der Waals surface area contributed by atoms with Crippen LogP contribution in [0.5, 0.6) is 23.0 Å². The van der Waals surface area contributed by atoms with Crippen molar-refractivity contribution in [2.45, 2.75) is 26.5 Å². The Hall–Kier alpha value is -5.35. The zero-order valence-electron chi connectivity index (χ0n) is 26.7. The molecule has 0 N–H and O–H groups in total. The summed E-state index contributed by atoms with van der Waals surface area (Å²) in [6.07, 6.45) is 1.79. The van der Waals surface area contributed by atoms with Crippen LogP contribution in [0.2, 0.25) is 0 Å². The van der Waals surface area contributed by atoms with Gasteiger partial charge in [-0.15, -0.1) is 0 Å².